The number of nitrogens with one attached hydrogen (secondary N) is 1. The lowest BCUT2D eigenvalue weighted by atomic mass is 10.1. The predicted molar refractivity (Wildman–Crippen MR) is 101 cm³/mol. The summed E-state index contributed by atoms with van der Waals surface area (Å²) in [6, 6.07) is 14.1. The molecule has 1 aliphatic rings. The summed E-state index contributed by atoms with van der Waals surface area (Å²) in [6.45, 7) is 4.15. The maximum absolute atomic E-state index is 12.4. The lowest BCUT2D eigenvalue weighted by Crippen LogP contribution is -2.43. The number of amides is 1. The van der Waals surface area contributed by atoms with Gasteiger partial charge in [-0.15, -0.1) is 11.8 Å². The molecular formula is C18H18N2OS2. The largest absolute Gasteiger partial charge is 0.332 e. The molecule has 23 heavy (non-hydrogen) atoms. The van der Waals surface area contributed by atoms with E-state index in [0.717, 1.165) is 22.7 Å². The molecule has 2 aromatic carbocycles. The number of thiocarbonyl (C=S) groups is 1. The number of carbonyl (C=O) groups is 1. The van der Waals surface area contributed by atoms with Crippen molar-refractivity contribution in [1.82, 2.24) is 0 Å². The molecule has 0 aliphatic carbocycles. The van der Waals surface area contributed by atoms with E-state index in [9.17, 15) is 4.79 Å². The Balaban J connectivity index is 1.92. The summed E-state index contributed by atoms with van der Waals surface area (Å²) in [7, 11) is 0. The Morgan fingerprint density at radius 2 is 2.09 bits per heavy atom. The van der Waals surface area contributed by atoms with E-state index in [1.807, 2.05) is 30.3 Å². The van der Waals surface area contributed by atoms with Gasteiger partial charge in [-0.2, -0.15) is 0 Å². The number of anilines is 2. The van der Waals surface area contributed by atoms with E-state index in [0.29, 0.717) is 10.9 Å². The van der Waals surface area contributed by atoms with E-state index >= 15 is 0 Å². The Bertz CT molecular complexity index is 773. The molecule has 1 aliphatic heterocycles. The summed E-state index contributed by atoms with van der Waals surface area (Å²) in [5, 5.41) is 3.68. The van der Waals surface area contributed by atoms with Crippen LogP contribution in [0.3, 0.4) is 0 Å². The first-order valence-electron chi connectivity index (χ1n) is 7.55. The smallest absolute Gasteiger partial charge is 0.243 e. The molecule has 0 unspecified atom stereocenters. The molecule has 0 radical (unpaired) electrons. The monoisotopic (exact) mass is 342 g/mol. The summed E-state index contributed by atoms with van der Waals surface area (Å²) in [5.41, 5.74) is 4.18. The Kier molecular flexibility index (Phi) is 4.68. The van der Waals surface area contributed by atoms with Gasteiger partial charge in [-0.05, 0) is 54.9 Å². The minimum absolute atomic E-state index is 0.0119. The number of aryl methyl sites for hydroxylation is 2. The molecule has 0 bridgehead atoms. The molecule has 0 saturated heterocycles. The van der Waals surface area contributed by atoms with Crippen LogP contribution >= 0.6 is 24.0 Å². The van der Waals surface area contributed by atoms with Crippen LogP contribution in [0, 0.1) is 6.92 Å². The SMILES string of the molecule is CCc1ccccc1NC(=S)N1C(=O)CSc2cc(C)ccc21. The zero-order chi connectivity index (χ0) is 16.4. The van der Waals surface area contributed by atoms with Crippen LogP contribution in [0.25, 0.3) is 0 Å². The van der Waals surface area contributed by atoms with Gasteiger partial charge >= 0.3 is 0 Å². The van der Waals surface area contributed by atoms with Gasteiger partial charge in [0.05, 0.1) is 11.4 Å². The second-order valence-electron chi connectivity index (χ2n) is 5.43. The molecule has 0 atom stereocenters. The molecule has 3 nitrogen and oxygen atoms in total. The second kappa shape index (κ2) is 6.72. The Morgan fingerprint density at radius 1 is 1.30 bits per heavy atom. The molecule has 1 heterocycles. The van der Waals surface area contributed by atoms with Crippen molar-refractivity contribution >= 4 is 46.4 Å². The fourth-order valence-corrected chi connectivity index (χ4v) is 3.90. The highest BCUT2D eigenvalue weighted by Gasteiger charge is 2.28. The van der Waals surface area contributed by atoms with Crippen molar-refractivity contribution in [2.24, 2.45) is 0 Å². The van der Waals surface area contributed by atoms with Gasteiger partial charge in [0.2, 0.25) is 5.91 Å². The van der Waals surface area contributed by atoms with Crippen LogP contribution in [0.2, 0.25) is 0 Å². The molecule has 3 rings (SSSR count). The van der Waals surface area contributed by atoms with Crippen molar-refractivity contribution in [2.75, 3.05) is 16.0 Å². The predicted octanol–water partition coefficient (Wildman–Crippen LogP) is 4.39. The Labute approximate surface area is 146 Å². The minimum Gasteiger partial charge on any atom is -0.332 e. The van der Waals surface area contributed by atoms with Gasteiger partial charge in [0, 0.05) is 10.6 Å². The van der Waals surface area contributed by atoms with E-state index in [2.05, 4.69) is 31.3 Å². The van der Waals surface area contributed by atoms with Crippen molar-refractivity contribution in [2.45, 2.75) is 25.2 Å². The maximum atomic E-state index is 12.4. The molecule has 0 saturated carbocycles. The van der Waals surface area contributed by atoms with Crippen molar-refractivity contribution in [3.63, 3.8) is 0 Å². The van der Waals surface area contributed by atoms with Crippen LogP contribution in [0.1, 0.15) is 18.1 Å². The minimum atomic E-state index is 0.0119. The van der Waals surface area contributed by atoms with Crippen molar-refractivity contribution in [1.29, 1.82) is 0 Å². The lowest BCUT2D eigenvalue weighted by Gasteiger charge is -2.30. The average Bonchev–Trinajstić information content (AvgIpc) is 2.55. The average molecular weight is 342 g/mol. The summed E-state index contributed by atoms with van der Waals surface area (Å²) in [5.74, 6) is 0.422. The zero-order valence-electron chi connectivity index (χ0n) is 13.1. The molecule has 118 valence electrons. The molecule has 0 spiro atoms. The van der Waals surface area contributed by atoms with E-state index in [4.69, 9.17) is 12.2 Å². The summed E-state index contributed by atoms with van der Waals surface area (Å²) < 4.78 is 0. The van der Waals surface area contributed by atoms with E-state index < -0.39 is 0 Å². The first-order valence-corrected chi connectivity index (χ1v) is 8.95. The van der Waals surface area contributed by atoms with Crippen molar-refractivity contribution in [3.05, 3.63) is 53.6 Å². The second-order valence-corrected chi connectivity index (χ2v) is 6.83. The van der Waals surface area contributed by atoms with Crippen LogP contribution in [0.5, 0.6) is 0 Å². The third-order valence-electron chi connectivity index (χ3n) is 3.80. The van der Waals surface area contributed by atoms with Crippen LogP contribution < -0.4 is 10.2 Å². The summed E-state index contributed by atoms with van der Waals surface area (Å²) >= 11 is 7.10. The number of thioether (sulfide) groups is 1. The quantitative estimate of drug-likeness (QED) is 0.820. The molecular weight excluding hydrogens is 324 g/mol. The van der Waals surface area contributed by atoms with Gasteiger partial charge < -0.3 is 5.32 Å². The van der Waals surface area contributed by atoms with Gasteiger partial charge in [-0.1, -0.05) is 31.2 Å². The highest BCUT2D eigenvalue weighted by atomic mass is 32.2. The van der Waals surface area contributed by atoms with Gasteiger partial charge in [0.1, 0.15) is 0 Å². The van der Waals surface area contributed by atoms with Crippen molar-refractivity contribution in [3.8, 4) is 0 Å². The Morgan fingerprint density at radius 3 is 2.87 bits per heavy atom. The van der Waals surface area contributed by atoms with E-state index in [1.54, 1.807) is 16.7 Å². The summed E-state index contributed by atoms with van der Waals surface area (Å²) in [6.07, 6.45) is 0.908. The standard InChI is InChI=1S/C18H18N2OS2/c1-3-13-6-4-5-7-14(13)19-18(22)20-15-9-8-12(2)10-16(15)23-11-17(20)21/h4-10H,3,11H2,1-2H3,(H,19,22). The number of hydrogen-bond donors (Lipinski definition) is 1. The van der Waals surface area contributed by atoms with E-state index in [1.165, 1.54) is 11.1 Å². The fraction of sp³-hybridized carbons (Fsp3) is 0.222. The number of para-hydroxylation sites is 1. The van der Waals surface area contributed by atoms with Gasteiger partial charge in [0.15, 0.2) is 5.11 Å². The Hall–Kier alpha value is -1.85. The van der Waals surface area contributed by atoms with Crippen molar-refractivity contribution < 1.29 is 4.79 Å². The number of hydrogen-bond acceptors (Lipinski definition) is 3. The first-order chi connectivity index (χ1) is 11.1. The van der Waals surface area contributed by atoms with Gasteiger partial charge in [-0.3, -0.25) is 9.69 Å². The number of fused-ring (bicyclic) bond motifs is 1. The number of nitrogens with zero attached hydrogens (tertiary/aromatic N) is 1. The zero-order valence-corrected chi connectivity index (χ0v) is 14.8. The normalized spacial score (nSPS) is 13.7. The summed E-state index contributed by atoms with van der Waals surface area (Å²) in [4.78, 5) is 15.1. The number of rotatable bonds is 2. The first kappa shape index (κ1) is 16.0. The van der Waals surface area contributed by atoms with Crippen LogP contribution in [0.4, 0.5) is 11.4 Å². The maximum Gasteiger partial charge on any atom is 0.243 e. The highest BCUT2D eigenvalue weighted by Crippen LogP contribution is 2.36. The van der Waals surface area contributed by atoms with Gasteiger partial charge in [0.25, 0.3) is 0 Å². The molecule has 1 amide bonds. The van der Waals surface area contributed by atoms with Crippen LogP contribution in [-0.4, -0.2) is 16.8 Å². The molecule has 0 aromatic heterocycles. The third kappa shape index (κ3) is 3.26. The fourth-order valence-electron chi connectivity index (χ4n) is 2.60. The van der Waals surface area contributed by atoms with Crippen LogP contribution in [0.15, 0.2) is 47.4 Å². The topological polar surface area (TPSA) is 32.3 Å². The lowest BCUT2D eigenvalue weighted by molar-refractivity contribution is -0.115. The highest BCUT2D eigenvalue weighted by molar-refractivity contribution is 8.00. The molecule has 0 fully saturated rings. The third-order valence-corrected chi connectivity index (χ3v) is 5.11. The number of carbonyl (C=O) groups excluding carboxylic acids is 1. The van der Waals surface area contributed by atoms with Gasteiger partial charge in [-0.25, -0.2) is 0 Å². The molecule has 2 aromatic rings. The van der Waals surface area contributed by atoms with Crippen LogP contribution in [-0.2, 0) is 11.2 Å². The number of benzene rings is 2. The molecule has 1 N–H and O–H groups in total. The molecule has 5 heteroatoms. The van der Waals surface area contributed by atoms with E-state index in [-0.39, 0.29) is 5.91 Å².